The third kappa shape index (κ3) is 2.30. The Morgan fingerprint density at radius 1 is 1.83 bits per heavy atom. The van der Waals surface area contributed by atoms with Crippen LogP contribution in [0.2, 0.25) is 0 Å². The van der Waals surface area contributed by atoms with Crippen molar-refractivity contribution >= 4 is 17.3 Å². The summed E-state index contributed by atoms with van der Waals surface area (Å²) in [4.78, 5) is 15.1. The molecule has 1 heterocycles. The van der Waals surface area contributed by atoms with E-state index in [1.54, 1.807) is 5.51 Å². The quantitative estimate of drug-likeness (QED) is 0.670. The van der Waals surface area contributed by atoms with Crippen molar-refractivity contribution in [1.82, 2.24) is 4.98 Å². The first kappa shape index (κ1) is 9.19. The van der Waals surface area contributed by atoms with E-state index in [1.165, 1.54) is 18.4 Å². The molecule has 0 radical (unpaired) electrons. The number of carbonyl (C=O) groups excluding carboxylic acids is 1. The number of nitrogens with zero attached hydrogens (tertiary/aromatic N) is 1. The molecule has 0 saturated carbocycles. The number of ether oxygens (including phenoxy) is 1. The van der Waals surface area contributed by atoms with Crippen molar-refractivity contribution in [1.29, 1.82) is 0 Å². The van der Waals surface area contributed by atoms with Crippen LogP contribution >= 0.6 is 11.3 Å². The highest BCUT2D eigenvalue weighted by Gasteiger charge is 2.14. The van der Waals surface area contributed by atoms with Crippen LogP contribution in [-0.2, 0) is 16.0 Å². The van der Waals surface area contributed by atoms with E-state index < -0.39 is 0 Å². The summed E-state index contributed by atoms with van der Waals surface area (Å²) in [5.41, 5.74) is 2.72. The van der Waals surface area contributed by atoms with E-state index >= 15 is 0 Å². The van der Waals surface area contributed by atoms with E-state index in [4.69, 9.17) is 0 Å². The van der Waals surface area contributed by atoms with Crippen LogP contribution in [0.3, 0.4) is 0 Å². The molecule has 0 spiro atoms. The Kier molecular flexibility index (Phi) is 3.22. The first-order valence-corrected chi connectivity index (χ1v) is 4.63. The fourth-order valence-electron chi connectivity index (χ4n) is 0.937. The van der Waals surface area contributed by atoms with Gasteiger partial charge in [0.25, 0.3) is 0 Å². The number of thiazole rings is 1. The summed E-state index contributed by atoms with van der Waals surface area (Å²) in [6.07, 6.45) is 0.663. The predicted octanol–water partition coefficient (Wildman–Crippen LogP) is 1.49. The maximum absolute atomic E-state index is 11.0. The van der Waals surface area contributed by atoms with Crippen LogP contribution in [0.15, 0.2) is 10.9 Å². The maximum atomic E-state index is 11.0. The van der Waals surface area contributed by atoms with Gasteiger partial charge in [0.2, 0.25) is 0 Å². The molecule has 3 nitrogen and oxygen atoms in total. The molecule has 0 aliphatic carbocycles. The van der Waals surface area contributed by atoms with Gasteiger partial charge in [-0.2, -0.15) is 0 Å². The van der Waals surface area contributed by atoms with Crippen LogP contribution in [0, 0.1) is 5.92 Å². The minimum absolute atomic E-state index is 0.0999. The molecule has 0 aliphatic rings. The average molecular weight is 185 g/mol. The number of carbonyl (C=O) groups is 1. The summed E-state index contributed by atoms with van der Waals surface area (Å²) in [7, 11) is 1.40. The van der Waals surface area contributed by atoms with E-state index in [-0.39, 0.29) is 11.9 Å². The average Bonchev–Trinajstić information content (AvgIpc) is 2.55. The lowest BCUT2D eigenvalue weighted by atomic mass is 10.1. The van der Waals surface area contributed by atoms with Gasteiger partial charge >= 0.3 is 5.97 Å². The normalized spacial score (nSPS) is 12.5. The summed E-state index contributed by atoms with van der Waals surface area (Å²) in [5.74, 6) is -0.278. The minimum Gasteiger partial charge on any atom is -0.469 e. The van der Waals surface area contributed by atoms with Crippen molar-refractivity contribution < 1.29 is 9.53 Å². The van der Waals surface area contributed by atoms with Gasteiger partial charge in [0.05, 0.1) is 24.2 Å². The van der Waals surface area contributed by atoms with Gasteiger partial charge in [-0.1, -0.05) is 6.92 Å². The minimum atomic E-state index is -0.178. The predicted molar refractivity (Wildman–Crippen MR) is 47.0 cm³/mol. The zero-order valence-electron chi connectivity index (χ0n) is 7.11. The number of methoxy groups -OCH3 is 1. The molecule has 4 heteroatoms. The Labute approximate surface area is 75.4 Å². The smallest absolute Gasteiger partial charge is 0.308 e. The Morgan fingerprint density at radius 2 is 2.58 bits per heavy atom. The Balaban J connectivity index is 2.47. The van der Waals surface area contributed by atoms with Crippen LogP contribution in [0.4, 0.5) is 0 Å². The molecule has 0 saturated heterocycles. The zero-order chi connectivity index (χ0) is 8.97. The number of esters is 1. The molecule has 0 fully saturated rings. The second-order valence-electron chi connectivity index (χ2n) is 2.61. The SMILES string of the molecule is COC(=O)C(C)Cc1cscn1. The fraction of sp³-hybridized carbons (Fsp3) is 0.500. The van der Waals surface area contributed by atoms with E-state index in [1.807, 2.05) is 12.3 Å². The van der Waals surface area contributed by atoms with Crippen molar-refractivity contribution in [2.24, 2.45) is 5.92 Å². The molecule has 1 aromatic heterocycles. The van der Waals surface area contributed by atoms with E-state index in [0.29, 0.717) is 6.42 Å². The highest BCUT2D eigenvalue weighted by atomic mass is 32.1. The molecule has 0 bridgehead atoms. The Bertz CT molecular complexity index is 246. The maximum Gasteiger partial charge on any atom is 0.308 e. The summed E-state index contributed by atoms with van der Waals surface area (Å²) >= 11 is 1.54. The Hall–Kier alpha value is -0.900. The van der Waals surface area contributed by atoms with Crippen molar-refractivity contribution in [2.45, 2.75) is 13.3 Å². The molecule has 12 heavy (non-hydrogen) atoms. The lowest BCUT2D eigenvalue weighted by Gasteiger charge is -2.05. The number of hydrogen-bond donors (Lipinski definition) is 0. The van der Waals surface area contributed by atoms with Gasteiger partial charge in [-0.25, -0.2) is 4.98 Å². The molecule has 1 rings (SSSR count). The highest BCUT2D eigenvalue weighted by molar-refractivity contribution is 7.07. The topological polar surface area (TPSA) is 39.2 Å². The third-order valence-corrected chi connectivity index (χ3v) is 2.24. The van der Waals surface area contributed by atoms with E-state index in [2.05, 4.69) is 9.72 Å². The first-order chi connectivity index (χ1) is 5.74. The largest absolute Gasteiger partial charge is 0.469 e. The molecule has 0 N–H and O–H groups in total. The van der Waals surface area contributed by atoms with Crippen molar-refractivity contribution in [3.8, 4) is 0 Å². The second-order valence-corrected chi connectivity index (χ2v) is 3.33. The molecule has 0 aliphatic heterocycles. The van der Waals surface area contributed by atoms with Crippen molar-refractivity contribution in [3.05, 3.63) is 16.6 Å². The fourth-order valence-corrected chi connectivity index (χ4v) is 1.51. The van der Waals surface area contributed by atoms with Crippen LogP contribution in [0.1, 0.15) is 12.6 Å². The summed E-state index contributed by atoms with van der Waals surface area (Å²) in [5, 5.41) is 1.94. The van der Waals surface area contributed by atoms with Crippen LogP contribution in [0.5, 0.6) is 0 Å². The second kappa shape index (κ2) is 4.21. The van der Waals surface area contributed by atoms with Gasteiger partial charge in [0, 0.05) is 11.8 Å². The van der Waals surface area contributed by atoms with Crippen molar-refractivity contribution in [2.75, 3.05) is 7.11 Å². The third-order valence-electron chi connectivity index (χ3n) is 1.60. The van der Waals surface area contributed by atoms with Crippen molar-refractivity contribution in [3.63, 3.8) is 0 Å². The molecule has 1 aromatic rings. The highest BCUT2D eigenvalue weighted by Crippen LogP contribution is 2.09. The van der Waals surface area contributed by atoms with E-state index in [0.717, 1.165) is 5.69 Å². The van der Waals surface area contributed by atoms with Gasteiger partial charge in [-0.3, -0.25) is 4.79 Å². The number of hydrogen-bond acceptors (Lipinski definition) is 4. The summed E-state index contributed by atoms with van der Waals surface area (Å²) in [6.45, 7) is 1.84. The van der Waals surface area contributed by atoms with Crippen LogP contribution < -0.4 is 0 Å². The number of rotatable bonds is 3. The number of aromatic nitrogens is 1. The lowest BCUT2D eigenvalue weighted by Crippen LogP contribution is -2.15. The van der Waals surface area contributed by atoms with Crippen LogP contribution in [-0.4, -0.2) is 18.1 Å². The van der Waals surface area contributed by atoms with E-state index in [9.17, 15) is 4.79 Å². The van der Waals surface area contributed by atoms with Gasteiger partial charge in [-0.05, 0) is 0 Å². The Morgan fingerprint density at radius 3 is 3.08 bits per heavy atom. The molecular weight excluding hydrogens is 174 g/mol. The molecule has 0 aromatic carbocycles. The van der Waals surface area contributed by atoms with Gasteiger partial charge in [-0.15, -0.1) is 11.3 Å². The standard InChI is InChI=1S/C8H11NO2S/c1-6(8(10)11-2)3-7-4-12-5-9-7/h4-6H,3H2,1-2H3. The van der Waals surface area contributed by atoms with Gasteiger partial charge in [0.15, 0.2) is 0 Å². The molecule has 66 valence electrons. The molecular formula is C8H11NO2S. The van der Waals surface area contributed by atoms with Gasteiger partial charge in [0.1, 0.15) is 0 Å². The lowest BCUT2D eigenvalue weighted by molar-refractivity contribution is -0.144. The summed E-state index contributed by atoms with van der Waals surface area (Å²) < 4.78 is 4.60. The molecule has 1 atom stereocenters. The first-order valence-electron chi connectivity index (χ1n) is 3.69. The molecule has 0 amide bonds. The monoisotopic (exact) mass is 185 g/mol. The zero-order valence-corrected chi connectivity index (χ0v) is 7.93. The molecule has 1 unspecified atom stereocenters. The van der Waals surface area contributed by atoms with Crippen LogP contribution in [0.25, 0.3) is 0 Å². The summed E-state index contributed by atoms with van der Waals surface area (Å²) in [6, 6.07) is 0. The van der Waals surface area contributed by atoms with Gasteiger partial charge < -0.3 is 4.74 Å².